The Balaban J connectivity index is 1.36. The molecular weight excluding hydrogens is 508 g/mol. The first kappa shape index (κ1) is 25.6. The Morgan fingerprint density at radius 1 is 0.881 bits per heavy atom. The molecule has 1 heterocycles. The molecule has 0 fully saturated rings. The van der Waals surface area contributed by atoms with Gasteiger partial charge in [-0.3, -0.25) is 0 Å². The van der Waals surface area contributed by atoms with E-state index in [1.807, 2.05) is 0 Å². The number of benzene rings is 2. The summed E-state index contributed by atoms with van der Waals surface area (Å²) in [6.45, 7) is 4.77. The van der Waals surface area contributed by atoms with E-state index in [-0.39, 0.29) is 5.41 Å². The van der Waals surface area contributed by atoms with E-state index in [9.17, 15) is 5.26 Å². The lowest BCUT2D eigenvalue weighted by atomic mass is 9.53. The maximum Gasteiger partial charge on any atom is 0.0991 e. The average molecular weight is 547 g/mol. The molecule has 0 aromatic heterocycles. The number of anilines is 1. The number of hydrogen-bond donors (Lipinski definition) is 0. The van der Waals surface area contributed by atoms with Crippen molar-refractivity contribution in [3.8, 4) is 6.07 Å². The van der Waals surface area contributed by atoms with Gasteiger partial charge in [0.15, 0.2) is 0 Å². The topological polar surface area (TPSA) is 27.0 Å². The zero-order valence-corrected chi connectivity index (χ0v) is 24.6. The minimum absolute atomic E-state index is 0.0890. The third kappa shape index (κ3) is 3.56. The molecule has 7 atom stereocenters. The highest BCUT2D eigenvalue weighted by Crippen LogP contribution is 2.65. The summed E-state index contributed by atoms with van der Waals surface area (Å²) in [7, 11) is 0. The third-order valence-corrected chi connectivity index (χ3v) is 11.2. The summed E-state index contributed by atoms with van der Waals surface area (Å²) in [6.07, 6.45) is 28.5. The third-order valence-electron chi connectivity index (χ3n) is 11.2. The van der Waals surface area contributed by atoms with Crippen LogP contribution in [0.3, 0.4) is 0 Å². The molecule has 0 N–H and O–H groups in total. The van der Waals surface area contributed by atoms with Gasteiger partial charge in [-0.15, -0.1) is 0 Å². The SMILES string of the molecule is CC1=CC(C)C(C2(C3=CC4=C(CC3)N(c3ccccc3)C3C=CC=CC43)c3ccc(C#N)cc3C3C=CC=CC32)CC1. The molecule has 0 radical (unpaired) electrons. The zero-order valence-electron chi connectivity index (χ0n) is 24.6. The largest absolute Gasteiger partial charge is 0.337 e. The molecule has 0 bridgehead atoms. The molecule has 6 aliphatic rings. The lowest BCUT2D eigenvalue weighted by Crippen LogP contribution is -2.46. The quantitative estimate of drug-likeness (QED) is 0.359. The number of rotatable bonds is 3. The first-order valence-corrected chi connectivity index (χ1v) is 15.8. The zero-order chi connectivity index (χ0) is 28.4. The lowest BCUT2D eigenvalue weighted by molar-refractivity contribution is 0.183. The van der Waals surface area contributed by atoms with E-state index in [0.29, 0.717) is 35.6 Å². The van der Waals surface area contributed by atoms with Gasteiger partial charge in [-0.1, -0.05) is 103 Å². The molecular formula is C40H38N2. The highest BCUT2D eigenvalue weighted by Gasteiger charge is 2.58. The minimum Gasteiger partial charge on any atom is -0.337 e. The lowest BCUT2D eigenvalue weighted by Gasteiger charge is -2.50. The van der Waals surface area contributed by atoms with Gasteiger partial charge in [-0.25, -0.2) is 0 Å². The second-order valence-corrected chi connectivity index (χ2v) is 13.2. The van der Waals surface area contributed by atoms with Gasteiger partial charge in [0.2, 0.25) is 0 Å². The van der Waals surface area contributed by atoms with Crippen molar-refractivity contribution >= 4 is 5.69 Å². The molecule has 7 unspecified atom stereocenters. The summed E-state index contributed by atoms with van der Waals surface area (Å²) in [6, 6.07) is 20.4. The molecule has 208 valence electrons. The van der Waals surface area contributed by atoms with Gasteiger partial charge in [0.05, 0.1) is 17.7 Å². The standard InChI is InChI=1S/C40H38N2/c1-26-16-19-35(27(2)22-26)40(36-14-8-6-12-31(36)33-23-28(25-41)17-20-37(33)40)29-18-21-39-34(24-29)32-13-7-9-15-38(32)42(39)30-10-4-3-5-11-30/h3-15,17,20,22-24,27,31-32,35-36,38H,16,18-19,21H2,1-2H3. The number of fused-ring (bicyclic) bond motifs is 5. The molecule has 2 nitrogen and oxygen atoms in total. The minimum atomic E-state index is -0.0890. The van der Waals surface area contributed by atoms with Gasteiger partial charge < -0.3 is 4.90 Å². The van der Waals surface area contributed by atoms with Crippen LogP contribution in [0.5, 0.6) is 0 Å². The molecule has 0 spiro atoms. The first-order chi connectivity index (χ1) is 20.6. The van der Waals surface area contributed by atoms with Crippen molar-refractivity contribution in [3.05, 3.63) is 148 Å². The van der Waals surface area contributed by atoms with Gasteiger partial charge in [0.1, 0.15) is 0 Å². The molecule has 42 heavy (non-hydrogen) atoms. The first-order valence-electron chi connectivity index (χ1n) is 15.8. The van der Waals surface area contributed by atoms with Crippen molar-refractivity contribution in [2.24, 2.45) is 23.7 Å². The fourth-order valence-electron chi connectivity index (χ4n) is 9.65. The van der Waals surface area contributed by atoms with Crippen LogP contribution in [0.15, 0.2) is 132 Å². The fourth-order valence-corrected chi connectivity index (χ4v) is 9.65. The van der Waals surface area contributed by atoms with Crippen LogP contribution >= 0.6 is 0 Å². The predicted molar refractivity (Wildman–Crippen MR) is 172 cm³/mol. The van der Waals surface area contributed by atoms with E-state index in [0.717, 1.165) is 18.4 Å². The van der Waals surface area contributed by atoms with Crippen molar-refractivity contribution in [1.29, 1.82) is 5.26 Å². The summed E-state index contributed by atoms with van der Waals surface area (Å²) in [4.78, 5) is 2.61. The van der Waals surface area contributed by atoms with Gasteiger partial charge in [-0.05, 0) is 85.4 Å². The maximum atomic E-state index is 9.87. The summed E-state index contributed by atoms with van der Waals surface area (Å²) < 4.78 is 0. The molecule has 2 aromatic rings. The van der Waals surface area contributed by atoms with Crippen molar-refractivity contribution in [1.82, 2.24) is 0 Å². The van der Waals surface area contributed by atoms with Crippen LogP contribution in [0.25, 0.3) is 0 Å². The van der Waals surface area contributed by atoms with Crippen molar-refractivity contribution in [3.63, 3.8) is 0 Å². The molecule has 0 saturated carbocycles. The van der Waals surface area contributed by atoms with Gasteiger partial charge in [0.25, 0.3) is 0 Å². The number of nitrogens with zero attached hydrogens (tertiary/aromatic N) is 2. The second kappa shape index (κ2) is 9.74. The Labute approximate surface area is 250 Å². The van der Waals surface area contributed by atoms with Crippen LogP contribution in [-0.4, -0.2) is 6.04 Å². The van der Waals surface area contributed by atoms with Crippen LogP contribution in [-0.2, 0) is 5.41 Å². The van der Waals surface area contributed by atoms with Crippen LogP contribution in [0, 0.1) is 35.0 Å². The molecule has 1 aliphatic heterocycles. The number of nitriles is 1. The Morgan fingerprint density at radius 2 is 1.67 bits per heavy atom. The number of para-hydroxylation sites is 1. The van der Waals surface area contributed by atoms with E-state index < -0.39 is 0 Å². The Kier molecular flexibility index (Phi) is 5.94. The average Bonchev–Trinajstić information content (AvgIpc) is 3.52. The highest BCUT2D eigenvalue weighted by molar-refractivity contribution is 5.66. The van der Waals surface area contributed by atoms with Crippen LogP contribution in [0.1, 0.15) is 62.1 Å². The van der Waals surface area contributed by atoms with Gasteiger partial charge in [-0.2, -0.15) is 5.26 Å². The van der Waals surface area contributed by atoms with E-state index >= 15 is 0 Å². The Hall–Kier alpha value is -4.09. The maximum absolute atomic E-state index is 9.87. The number of hydrogen-bond acceptors (Lipinski definition) is 2. The second-order valence-electron chi connectivity index (χ2n) is 13.2. The molecule has 0 saturated heterocycles. The fraction of sp³-hybridized carbons (Fsp3) is 0.325. The molecule has 2 aromatic carbocycles. The highest BCUT2D eigenvalue weighted by atomic mass is 15.2. The smallest absolute Gasteiger partial charge is 0.0991 e. The summed E-state index contributed by atoms with van der Waals surface area (Å²) in [5.41, 5.74) is 11.0. The number of allylic oxidation sites excluding steroid dienone is 11. The van der Waals surface area contributed by atoms with Crippen LogP contribution < -0.4 is 4.90 Å². The summed E-state index contributed by atoms with van der Waals surface area (Å²) in [5.74, 6) is 2.04. The van der Waals surface area contributed by atoms with Crippen molar-refractivity contribution < 1.29 is 0 Å². The van der Waals surface area contributed by atoms with E-state index in [1.54, 1.807) is 5.57 Å². The van der Waals surface area contributed by atoms with E-state index in [4.69, 9.17) is 0 Å². The molecule has 2 heteroatoms. The van der Waals surface area contributed by atoms with E-state index in [2.05, 4.69) is 134 Å². The molecule has 8 rings (SSSR count). The molecule has 0 amide bonds. The molecule has 5 aliphatic carbocycles. The predicted octanol–water partition coefficient (Wildman–Crippen LogP) is 9.23. The van der Waals surface area contributed by atoms with Crippen molar-refractivity contribution in [2.45, 2.75) is 56.9 Å². The van der Waals surface area contributed by atoms with Crippen LogP contribution in [0.4, 0.5) is 5.69 Å². The monoisotopic (exact) mass is 546 g/mol. The normalized spacial score (nSPS) is 33.9. The van der Waals surface area contributed by atoms with E-state index in [1.165, 1.54) is 46.5 Å². The Morgan fingerprint density at radius 3 is 2.48 bits per heavy atom. The van der Waals surface area contributed by atoms with Crippen molar-refractivity contribution in [2.75, 3.05) is 4.90 Å². The summed E-state index contributed by atoms with van der Waals surface area (Å²) in [5, 5.41) is 9.87. The van der Waals surface area contributed by atoms with Crippen LogP contribution in [0.2, 0.25) is 0 Å². The van der Waals surface area contributed by atoms with Gasteiger partial charge >= 0.3 is 0 Å². The Bertz CT molecular complexity index is 1700. The van der Waals surface area contributed by atoms with Gasteiger partial charge in [0, 0.05) is 34.6 Å². The summed E-state index contributed by atoms with van der Waals surface area (Å²) >= 11 is 0.